The van der Waals surface area contributed by atoms with Crippen LogP contribution in [0.15, 0.2) is 0 Å². The number of nitrogens with two attached hydrogens (primary N) is 4. The first-order valence-electron chi connectivity index (χ1n) is 8.84. The molecule has 164 valence electrons. The van der Waals surface area contributed by atoms with E-state index < -0.39 is 66.5 Å². The van der Waals surface area contributed by atoms with Crippen LogP contribution < -0.4 is 38.9 Å². The van der Waals surface area contributed by atoms with Gasteiger partial charge in [-0.05, 0) is 12.3 Å². The zero-order valence-corrected chi connectivity index (χ0v) is 16.4. The molecule has 0 heterocycles. The second-order valence-electron chi connectivity index (χ2n) is 6.76. The number of hydrogen-bond acceptors (Lipinski definition) is 7. The van der Waals surface area contributed by atoms with Gasteiger partial charge in [0.15, 0.2) is 0 Å². The van der Waals surface area contributed by atoms with Gasteiger partial charge in [0, 0.05) is 6.42 Å². The van der Waals surface area contributed by atoms with Crippen molar-refractivity contribution >= 4 is 35.4 Å². The van der Waals surface area contributed by atoms with Gasteiger partial charge in [-0.15, -0.1) is 0 Å². The van der Waals surface area contributed by atoms with Crippen LogP contribution in [0.3, 0.4) is 0 Å². The molecule has 13 heteroatoms. The number of rotatable bonds is 13. The highest BCUT2D eigenvalue weighted by atomic mass is 16.2. The lowest BCUT2D eigenvalue weighted by atomic mass is 10.0. The maximum Gasteiger partial charge on any atom is 0.243 e. The highest BCUT2D eigenvalue weighted by Crippen LogP contribution is 2.05. The summed E-state index contributed by atoms with van der Waals surface area (Å²) >= 11 is 0. The topological polar surface area (TPSA) is 243 Å². The molecule has 0 saturated carbocycles. The molecule has 0 aliphatic heterocycles. The molecule has 0 aliphatic carbocycles. The van der Waals surface area contributed by atoms with E-state index >= 15 is 0 Å². The van der Waals surface area contributed by atoms with Gasteiger partial charge in [0.1, 0.15) is 12.1 Å². The summed E-state index contributed by atoms with van der Waals surface area (Å²) in [4.78, 5) is 69.7. The smallest absolute Gasteiger partial charge is 0.243 e. The highest BCUT2D eigenvalue weighted by Gasteiger charge is 2.30. The monoisotopic (exact) mass is 415 g/mol. The molecule has 29 heavy (non-hydrogen) atoms. The number of primary amides is 3. The van der Waals surface area contributed by atoms with Crippen molar-refractivity contribution in [3.63, 3.8) is 0 Å². The zero-order valence-electron chi connectivity index (χ0n) is 16.4. The molecule has 0 radical (unpaired) electrons. The van der Waals surface area contributed by atoms with Crippen molar-refractivity contribution in [1.29, 1.82) is 0 Å². The number of hydrogen-bond donors (Lipinski definition) is 7. The Morgan fingerprint density at radius 1 is 0.793 bits per heavy atom. The van der Waals surface area contributed by atoms with Crippen LogP contribution in [0.2, 0.25) is 0 Å². The van der Waals surface area contributed by atoms with Crippen molar-refractivity contribution in [3.8, 4) is 0 Å². The molecule has 6 amide bonds. The number of nitrogens with one attached hydrogen (secondary N) is 3. The maximum absolute atomic E-state index is 12.6. The third kappa shape index (κ3) is 10.6. The molecule has 0 aromatic carbocycles. The Labute approximate surface area is 167 Å². The summed E-state index contributed by atoms with van der Waals surface area (Å²) in [5, 5.41) is 7.04. The molecule has 0 bridgehead atoms. The standard InChI is InChI=1S/C16H29N7O6/c1-7(2)13(16(29)21-6-12(20)26)23-15(28)9(3-4-10(18)24)22-14(27)8(17)5-11(19)25/h7-9,13H,3-6,17H2,1-2H3,(H2,18,24)(H2,19,25)(H2,20,26)(H,21,29)(H,22,27)(H,23,28)/t8-,9-,13-/m0/s1. The summed E-state index contributed by atoms with van der Waals surface area (Å²) in [6.45, 7) is 2.88. The fraction of sp³-hybridized carbons (Fsp3) is 0.625. The molecule has 0 unspecified atom stereocenters. The maximum atomic E-state index is 12.6. The molecule has 0 saturated heterocycles. The Hall–Kier alpha value is -3.22. The van der Waals surface area contributed by atoms with E-state index in [4.69, 9.17) is 22.9 Å². The first kappa shape index (κ1) is 25.8. The number of amides is 6. The Bertz CT molecular complexity index is 652. The zero-order chi connectivity index (χ0) is 22.7. The minimum absolute atomic E-state index is 0.163. The van der Waals surface area contributed by atoms with E-state index in [9.17, 15) is 28.8 Å². The third-order valence-corrected chi connectivity index (χ3v) is 3.75. The van der Waals surface area contributed by atoms with Crippen molar-refractivity contribution in [2.45, 2.75) is 51.2 Å². The van der Waals surface area contributed by atoms with E-state index in [-0.39, 0.29) is 18.8 Å². The first-order chi connectivity index (χ1) is 13.3. The van der Waals surface area contributed by atoms with Crippen LogP contribution in [0.5, 0.6) is 0 Å². The van der Waals surface area contributed by atoms with Crippen LogP contribution in [-0.2, 0) is 28.8 Å². The van der Waals surface area contributed by atoms with Crippen LogP contribution in [-0.4, -0.2) is 60.1 Å². The molecular weight excluding hydrogens is 386 g/mol. The average molecular weight is 415 g/mol. The quantitative estimate of drug-likeness (QED) is 0.156. The summed E-state index contributed by atoms with van der Waals surface area (Å²) < 4.78 is 0. The van der Waals surface area contributed by atoms with Crippen LogP contribution in [0, 0.1) is 5.92 Å². The molecule has 3 atom stereocenters. The Balaban J connectivity index is 5.26. The fourth-order valence-corrected chi connectivity index (χ4v) is 2.22. The molecular formula is C16H29N7O6. The van der Waals surface area contributed by atoms with Crippen LogP contribution >= 0.6 is 0 Å². The fourth-order valence-electron chi connectivity index (χ4n) is 2.22. The number of carbonyl (C=O) groups excluding carboxylic acids is 6. The Morgan fingerprint density at radius 2 is 1.38 bits per heavy atom. The molecule has 0 aromatic rings. The summed E-state index contributed by atoms with van der Waals surface area (Å²) in [5.74, 6) is -4.93. The molecule has 0 spiro atoms. The number of carbonyl (C=O) groups is 6. The van der Waals surface area contributed by atoms with Crippen molar-refractivity contribution in [1.82, 2.24) is 16.0 Å². The second kappa shape index (κ2) is 12.3. The molecule has 0 fully saturated rings. The van der Waals surface area contributed by atoms with Gasteiger partial charge in [-0.3, -0.25) is 28.8 Å². The summed E-state index contributed by atoms with van der Waals surface area (Å²) in [7, 11) is 0. The molecule has 11 N–H and O–H groups in total. The van der Waals surface area contributed by atoms with Crippen LogP contribution in [0.4, 0.5) is 0 Å². The van der Waals surface area contributed by atoms with Crippen molar-refractivity contribution in [2.24, 2.45) is 28.9 Å². The minimum atomic E-state index is -1.30. The molecule has 0 rings (SSSR count). The van der Waals surface area contributed by atoms with Gasteiger partial charge in [-0.1, -0.05) is 13.8 Å². The van der Waals surface area contributed by atoms with Crippen molar-refractivity contribution in [3.05, 3.63) is 0 Å². The van der Waals surface area contributed by atoms with Gasteiger partial charge >= 0.3 is 0 Å². The third-order valence-electron chi connectivity index (χ3n) is 3.75. The predicted molar refractivity (Wildman–Crippen MR) is 101 cm³/mol. The van der Waals surface area contributed by atoms with Crippen LogP contribution in [0.1, 0.15) is 33.1 Å². The molecule has 0 aromatic heterocycles. The highest BCUT2D eigenvalue weighted by molar-refractivity contribution is 5.95. The van der Waals surface area contributed by atoms with Gasteiger partial charge in [-0.25, -0.2) is 0 Å². The van der Waals surface area contributed by atoms with E-state index in [1.807, 2.05) is 0 Å². The lowest BCUT2D eigenvalue weighted by Gasteiger charge is -2.25. The summed E-state index contributed by atoms with van der Waals surface area (Å²) in [5.41, 5.74) is 20.6. The Kier molecular flexibility index (Phi) is 10.9. The van der Waals surface area contributed by atoms with Crippen molar-refractivity contribution < 1.29 is 28.8 Å². The largest absolute Gasteiger partial charge is 0.370 e. The van der Waals surface area contributed by atoms with Gasteiger partial charge < -0.3 is 38.9 Å². The van der Waals surface area contributed by atoms with Gasteiger partial charge in [-0.2, -0.15) is 0 Å². The van der Waals surface area contributed by atoms with Gasteiger partial charge in [0.25, 0.3) is 0 Å². The first-order valence-corrected chi connectivity index (χ1v) is 8.84. The average Bonchev–Trinajstić information content (AvgIpc) is 2.59. The normalized spacial score (nSPS) is 13.7. The van der Waals surface area contributed by atoms with E-state index in [0.717, 1.165) is 0 Å². The molecule has 13 nitrogen and oxygen atoms in total. The Morgan fingerprint density at radius 3 is 1.83 bits per heavy atom. The second-order valence-corrected chi connectivity index (χ2v) is 6.76. The van der Waals surface area contributed by atoms with Crippen molar-refractivity contribution in [2.75, 3.05) is 6.54 Å². The SMILES string of the molecule is CC(C)[C@H](NC(=O)[C@H](CCC(N)=O)NC(=O)[C@@H](N)CC(N)=O)C(=O)NCC(N)=O. The lowest BCUT2D eigenvalue weighted by molar-refractivity contribution is -0.134. The van der Waals surface area contributed by atoms with E-state index in [0.29, 0.717) is 0 Å². The van der Waals surface area contributed by atoms with E-state index in [1.54, 1.807) is 13.8 Å². The predicted octanol–water partition coefficient (Wildman–Crippen LogP) is -4.32. The van der Waals surface area contributed by atoms with Gasteiger partial charge in [0.05, 0.1) is 19.0 Å². The van der Waals surface area contributed by atoms with Gasteiger partial charge in [0.2, 0.25) is 35.4 Å². The van der Waals surface area contributed by atoms with E-state index in [1.165, 1.54) is 0 Å². The summed E-state index contributed by atoms with van der Waals surface area (Å²) in [6.07, 6.45) is -0.840. The summed E-state index contributed by atoms with van der Waals surface area (Å²) in [6, 6.07) is -3.59. The lowest BCUT2D eigenvalue weighted by Crippen LogP contribution is -2.57. The molecule has 0 aliphatic rings. The van der Waals surface area contributed by atoms with Crippen LogP contribution in [0.25, 0.3) is 0 Å². The van der Waals surface area contributed by atoms with E-state index in [2.05, 4.69) is 16.0 Å². The minimum Gasteiger partial charge on any atom is -0.370 e.